The monoisotopic (exact) mass is 398 g/mol. The van der Waals surface area contributed by atoms with Crippen LogP contribution in [0.4, 0.5) is 14.6 Å². The summed E-state index contributed by atoms with van der Waals surface area (Å²) in [5.41, 5.74) is 8.73. The van der Waals surface area contributed by atoms with Crippen molar-refractivity contribution in [1.29, 1.82) is 5.26 Å². The summed E-state index contributed by atoms with van der Waals surface area (Å²) in [6.07, 6.45) is 3.42. The summed E-state index contributed by atoms with van der Waals surface area (Å²) in [5.74, 6) is 0.279. The van der Waals surface area contributed by atoms with Crippen LogP contribution in [0.5, 0.6) is 5.75 Å². The summed E-state index contributed by atoms with van der Waals surface area (Å²) < 4.78 is 29.8. The van der Waals surface area contributed by atoms with Crippen molar-refractivity contribution < 1.29 is 18.3 Å². The molecular formula is C21H20F2N4O2. The lowest BCUT2D eigenvalue weighted by Crippen LogP contribution is -2.42. The third-order valence-corrected chi connectivity index (χ3v) is 5.60. The number of nitrogens with zero attached hydrogens (tertiary/aromatic N) is 3. The minimum Gasteiger partial charge on any atom is -0.435 e. The number of carbonyl (C=O) groups excluding carboxylic acids is 1. The van der Waals surface area contributed by atoms with Gasteiger partial charge in [-0.25, -0.2) is 4.98 Å². The molecule has 1 aromatic heterocycles. The van der Waals surface area contributed by atoms with Crippen molar-refractivity contribution in [3.8, 4) is 22.9 Å². The van der Waals surface area contributed by atoms with E-state index in [9.17, 15) is 18.8 Å². The van der Waals surface area contributed by atoms with Crippen LogP contribution in [0.3, 0.4) is 0 Å². The van der Waals surface area contributed by atoms with Crippen molar-refractivity contribution in [3.05, 3.63) is 41.1 Å². The Morgan fingerprint density at radius 1 is 1.38 bits per heavy atom. The first-order valence-electron chi connectivity index (χ1n) is 9.53. The molecule has 1 fully saturated rings. The van der Waals surface area contributed by atoms with Crippen LogP contribution >= 0.6 is 0 Å². The van der Waals surface area contributed by atoms with Crippen molar-refractivity contribution in [2.75, 3.05) is 12.3 Å². The van der Waals surface area contributed by atoms with E-state index in [-0.39, 0.29) is 29.0 Å². The van der Waals surface area contributed by atoms with Crippen LogP contribution in [0, 0.1) is 17.2 Å². The van der Waals surface area contributed by atoms with Crippen LogP contribution in [-0.2, 0) is 17.8 Å². The molecule has 0 spiro atoms. The topological polar surface area (TPSA) is 92.2 Å². The molecule has 2 aliphatic rings. The predicted octanol–water partition coefficient (Wildman–Crippen LogP) is 3.49. The van der Waals surface area contributed by atoms with Gasteiger partial charge in [-0.1, -0.05) is 18.6 Å². The largest absolute Gasteiger partial charge is 0.435 e. The van der Waals surface area contributed by atoms with Crippen LogP contribution in [0.2, 0.25) is 0 Å². The Labute approximate surface area is 166 Å². The first-order valence-corrected chi connectivity index (χ1v) is 9.53. The molecule has 150 valence electrons. The van der Waals surface area contributed by atoms with Gasteiger partial charge in [0.05, 0.1) is 5.69 Å². The highest BCUT2D eigenvalue weighted by molar-refractivity contribution is 5.83. The third kappa shape index (κ3) is 3.60. The van der Waals surface area contributed by atoms with Gasteiger partial charge < -0.3 is 15.4 Å². The van der Waals surface area contributed by atoms with Gasteiger partial charge in [0.2, 0.25) is 5.91 Å². The molecule has 1 amide bonds. The number of ether oxygens (including phenoxy) is 1. The number of hydrogen-bond acceptors (Lipinski definition) is 5. The van der Waals surface area contributed by atoms with Gasteiger partial charge in [0.25, 0.3) is 0 Å². The lowest BCUT2D eigenvalue weighted by Gasteiger charge is -2.35. The van der Waals surface area contributed by atoms with Gasteiger partial charge in [0, 0.05) is 36.6 Å². The number of nitriles is 1. The van der Waals surface area contributed by atoms with Gasteiger partial charge >= 0.3 is 6.61 Å². The van der Waals surface area contributed by atoms with Crippen molar-refractivity contribution >= 4 is 11.7 Å². The molecule has 2 heterocycles. The van der Waals surface area contributed by atoms with Crippen LogP contribution < -0.4 is 10.5 Å². The number of benzene rings is 1. The van der Waals surface area contributed by atoms with E-state index in [4.69, 9.17) is 5.73 Å². The normalized spacial score (nSPS) is 16.1. The summed E-state index contributed by atoms with van der Waals surface area (Å²) in [6, 6.07) is 8.25. The SMILES string of the molecule is N#Cc1c(N)nc2c(c1-c1cccc(OC(F)F)c1)CN(C(=O)C1CCC1)CC2. The summed E-state index contributed by atoms with van der Waals surface area (Å²) in [4.78, 5) is 18.9. The van der Waals surface area contributed by atoms with E-state index in [1.165, 1.54) is 12.1 Å². The second-order valence-corrected chi connectivity index (χ2v) is 7.33. The Bertz CT molecular complexity index is 999. The summed E-state index contributed by atoms with van der Waals surface area (Å²) in [5, 5.41) is 9.69. The first-order chi connectivity index (χ1) is 14.0. The Balaban J connectivity index is 1.78. The maximum atomic E-state index is 12.7. The predicted molar refractivity (Wildman–Crippen MR) is 102 cm³/mol. The van der Waals surface area contributed by atoms with E-state index in [1.807, 2.05) is 0 Å². The molecule has 2 N–H and O–H groups in total. The van der Waals surface area contributed by atoms with Crippen molar-refractivity contribution in [2.45, 2.75) is 38.8 Å². The van der Waals surface area contributed by atoms with E-state index in [2.05, 4.69) is 15.8 Å². The van der Waals surface area contributed by atoms with Gasteiger partial charge in [-0.15, -0.1) is 0 Å². The minimum atomic E-state index is -2.95. The Hall–Kier alpha value is -3.21. The van der Waals surface area contributed by atoms with Gasteiger partial charge in [-0.05, 0) is 30.5 Å². The average molecular weight is 398 g/mol. The fraction of sp³-hybridized carbons (Fsp3) is 0.381. The van der Waals surface area contributed by atoms with Crippen molar-refractivity contribution in [3.63, 3.8) is 0 Å². The zero-order chi connectivity index (χ0) is 20.5. The molecule has 1 aromatic carbocycles. The fourth-order valence-corrected chi connectivity index (χ4v) is 3.94. The standard InChI is InChI=1S/C21H20F2N4O2/c22-21(23)29-14-6-2-5-13(9-14)18-15(10-24)19(25)26-17-7-8-27(11-16(17)18)20(28)12-3-1-4-12/h2,5-6,9,12,21H,1,3-4,7-8,11H2,(H2,25,26). The molecule has 6 nitrogen and oxygen atoms in total. The van der Waals surface area contributed by atoms with E-state index in [0.29, 0.717) is 30.6 Å². The molecular weight excluding hydrogens is 378 g/mol. The molecule has 4 rings (SSSR count). The lowest BCUT2D eigenvalue weighted by molar-refractivity contribution is -0.139. The van der Waals surface area contributed by atoms with E-state index in [0.717, 1.165) is 30.5 Å². The second-order valence-electron chi connectivity index (χ2n) is 7.33. The maximum Gasteiger partial charge on any atom is 0.387 e. The molecule has 0 atom stereocenters. The van der Waals surface area contributed by atoms with Crippen molar-refractivity contribution in [2.24, 2.45) is 5.92 Å². The van der Waals surface area contributed by atoms with E-state index >= 15 is 0 Å². The Kier molecular flexibility index (Phi) is 5.05. The number of nitrogens with two attached hydrogens (primary N) is 1. The van der Waals surface area contributed by atoms with Gasteiger partial charge in [-0.3, -0.25) is 4.79 Å². The van der Waals surface area contributed by atoms with Crippen LogP contribution in [-0.4, -0.2) is 28.9 Å². The summed E-state index contributed by atoms with van der Waals surface area (Å²) in [7, 11) is 0. The molecule has 0 unspecified atom stereocenters. The highest BCUT2D eigenvalue weighted by atomic mass is 19.3. The number of fused-ring (bicyclic) bond motifs is 1. The van der Waals surface area contributed by atoms with Gasteiger partial charge in [0.1, 0.15) is 23.2 Å². The van der Waals surface area contributed by atoms with Crippen molar-refractivity contribution in [1.82, 2.24) is 9.88 Å². The number of carbonyl (C=O) groups is 1. The number of alkyl halides is 2. The zero-order valence-corrected chi connectivity index (χ0v) is 15.7. The minimum absolute atomic E-state index is 0.0104. The maximum absolute atomic E-state index is 12.7. The number of anilines is 1. The number of amides is 1. The number of pyridine rings is 1. The Morgan fingerprint density at radius 3 is 2.83 bits per heavy atom. The third-order valence-electron chi connectivity index (χ3n) is 5.60. The molecule has 2 aromatic rings. The van der Waals surface area contributed by atoms with Crippen LogP contribution in [0.1, 0.15) is 36.1 Å². The second kappa shape index (κ2) is 7.66. The molecule has 1 aliphatic heterocycles. The number of nitrogen functional groups attached to an aromatic ring is 1. The fourth-order valence-electron chi connectivity index (χ4n) is 3.94. The van der Waals surface area contributed by atoms with Crippen LogP contribution in [0.15, 0.2) is 24.3 Å². The molecule has 1 aliphatic carbocycles. The number of rotatable bonds is 4. The summed E-state index contributed by atoms with van der Waals surface area (Å²) >= 11 is 0. The number of halogens is 2. The molecule has 0 saturated heterocycles. The van der Waals surface area contributed by atoms with E-state index in [1.54, 1.807) is 17.0 Å². The van der Waals surface area contributed by atoms with Crippen LogP contribution in [0.25, 0.3) is 11.1 Å². The summed E-state index contributed by atoms with van der Waals surface area (Å²) in [6.45, 7) is -2.08. The number of hydrogen-bond donors (Lipinski definition) is 1. The molecule has 0 radical (unpaired) electrons. The Morgan fingerprint density at radius 2 is 2.17 bits per heavy atom. The average Bonchev–Trinajstić information content (AvgIpc) is 2.64. The lowest BCUT2D eigenvalue weighted by atomic mass is 9.83. The van der Waals surface area contributed by atoms with E-state index < -0.39 is 6.61 Å². The highest BCUT2D eigenvalue weighted by Crippen LogP contribution is 2.38. The molecule has 0 bridgehead atoms. The molecule has 8 heteroatoms. The van der Waals surface area contributed by atoms with Gasteiger partial charge in [-0.2, -0.15) is 14.0 Å². The molecule has 29 heavy (non-hydrogen) atoms. The zero-order valence-electron chi connectivity index (χ0n) is 15.7. The van der Waals surface area contributed by atoms with Gasteiger partial charge in [0.15, 0.2) is 0 Å². The smallest absolute Gasteiger partial charge is 0.387 e. The first kappa shape index (κ1) is 19.1. The molecule has 1 saturated carbocycles. The highest BCUT2D eigenvalue weighted by Gasteiger charge is 2.33. The number of aromatic nitrogens is 1. The quantitative estimate of drug-likeness (QED) is 0.851.